The summed E-state index contributed by atoms with van der Waals surface area (Å²) in [5.74, 6) is 0. The van der Waals surface area contributed by atoms with Crippen molar-refractivity contribution in [2.24, 2.45) is 0 Å². The first-order valence-corrected chi connectivity index (χ1v) is 7.37. The third kappa shape index (κ3) is 2.86. The Hall–Kier alpha value is -2.04. The summed E-state index contributed by atoms with van der Waals surface area (Å²) in [7, 11) is 0. The van der Waals surface area contributed by atoms with E-state index in [0.29, 0.717) is 0 Å². The van der Waals surface area contributed by atoms with Crippen molar-refractivity contribution < 1.29 is 9.53 Å². The van der Waals surface area contributed by atoms with Crippen LogP contribution in [0.1, 0.15) is 45.3 Å². The van der Waals surface area contributed by atoms with Gasteiger partial charge in [-0.25, -0.2) is 9.78 Å². The number of likely N-dealkylation sites (tertiary alicyclic amines) is 1. The van der Waals surface area contributed by atoms with E-state index in [1.54, 1.807) is 6.20 Å². The first-order chi connectivity index (χ1) is 9.94. The van der Waals surface area contributed by atoms with E-state index >= 15 is 0 Å². The molecule has 0 spiro atoms. The summed E-state index contributed by atoms with van der Waals surface area (Å²) in [6.07, 6.45) is 3.47. The van der Waals surface area contributed by atoms with Crippen molar-refractivity contribution in [3.05, 3.63) is 30.1 Å². The highest BCUT2D eigenvalue weighted by molar-refractivity contribution is 5.77. The first kappa shape index (κ1) is 13.9. The predicted molar refractivity (Wildman–Crippen MR) is 81.0 cm³/mol. The molecule has 1 N–H and O–H groups in total. The Balaban J connectivity index is 1.85. The normalized spacial score (nSPS) is 19.2. The van der Waals surface area contributed by atoms with E-state index < -0.39 is 5.60 Å². The molecular formula is C16H21N3O2. The van der Waals surface area contributed by atoms with Crippen LogP contribution in [-0.2, 0) is 4.74 Å². The van der Waals surface area contributed by atoms with Crippen LogP contribution < -0.4 is 0 Å². The number of aromatic amines is 1. The highest BCUT2D eigenvalue weighted by atomic mass is 16.6. The first-order valence-electron chi connectivity index (χ1n) is 7.37. The van der Waals surface area contributed by atoms with Crippen molar-refractivity contribution in [3.63, 3.8) is 0 Å². The van der Waals surface area contributed by atoms with Crippen LogP contribution in [0.15, 0.2) is 24.4 Å². The minimum Gasteiger partial charge on any atom is -0.444 e. The Labute approximate surface area is 124 Å². The largest absolute Gasteiger partial charge is 0.444 e. The molecule has 1 atom stereocenters. The van der Waals surface area contributed by atoms with Crippen LogP contribution in [0.4, 0.5) is 4.79 Å². The average Bonchev–Trinajstić information content (AvgIpc) is 3.02. The third-order valence-corrected chi connectivity index (χ3v) is 3.65. The molecule has 3 rings (SSSR count). The molecule has 0 saturated carbocycles. The van der Waals surface area contributed by atoms with Gasteiger partial charge >= 0.3 is 6.09 Å². The maximum atomic E-state index is 12.3. The summed E-state index contributed by atoms with van der Waals surface area (Å²) in [5.41, 5.74) is 1.43. The molecule has 1 amide bonds. The Morgan fingerprint density at radius 3 is 3.00 bits per heavy atom. The van der Waals surface area contributed by atoms with Crippen molar-refractivity contribution in [1.82, 2.24) is 14.9 Å². The van der Waals surface area contributed by atoms with E-state index in [0.717, 1.165) is 36.1 Å². The lowest BCUT2D eigenvalue weighted by Crippen LogP contribution is -2.36. The van der Waals surface area contributed by atoms with E-state index in [1.807, 2.05) is 37.8 Å². The molecule has 1 fully saturated rings. The number of fused-ring (bicyclic) bond motifs is 1. The lowest BCUT2D eigenvalue weighted by molar-refractivity contribution is 0.0222. The van der Waals surface area contributed by atoms with Crippen molar-refractivity contribution in [2.75, 3.05) is 6.54 Å². The third-order valence-electron chi connectivity index (χ3n) is 3.65. The second-order valence-corrected chi connectivity index (χ2v) is 6.50. The molecule has 0 aromatic carbocycles. The zero-order valence-corrected chi connectivity index (χ0v) is 12.7. The Kier molecular flexibility index (Phi) is 3.35. The van der Waals surface area contributed by atoms with Crippen LogP contribution in [0.2, 0.25) is 0 Å². The number of hydrogen-bond donors (Lipinski definition) is 1. The maximum Gasteiger partial charge on any atom is 0.410 e. The molecule has 1 saturated heterocycles. The van der Waals surface area contributed by atoms with Crippen LogP contribution in [0.3, 0.4) is 0 Å². The van der Waals surface area contributed by atoms with Crippen molar-refractivity contribution in [1.29, 1.82) is 0 Å². The van der Waals surface area contributed by atoms with Gasteiger partial charge in [-0.15, -0.1) is 0 Å². The number of hydrogen-bond acceptors (Lipinski definition) is 3. The lowest BCUT2D eigenvalue weighted by atomic mass is 10.1. The smallest absolute Gasteiger partial charge is 0.410 e. The Bertz CT molecular complexity index is 624. The van der Waals surface area contributed by atoms with Crippen LogP contribution in [-0.4, -0.2) is 33.1 Å². The number of H-pyrrole nitrogens is 1. The Morgan fingerprint density at radius 2 is 2.29 bits per heavy atom. The van der Waals surface area contributed by atoms with E-state index in [-0.39, 0.29) is 12.1 Å². The van der Waals surface area contributed by atoms with Gasteiger partial charge in [0, 0.05) is 23.8 Å². The van der Waals surface area contributed by atoms with Gasteiger partial charge in [0.2, 0.25) is 0 Å². The Morgan fingerprint density at radius 1 is 1.48 bits per heavy atom. The average molecular weight is 287 g/mol. The standard InChI is InChI=1S/C16H21N3O2/c1-16(2,3)21-15(20)19-9-5-7-13(19)12-10-11-6-4-8-17-14(11)18-12/h4,6,8,10,13H,5,7,9H2,1-3H3,(H,17,18). The predicted octanol–water partition coefficient (Wildman–Crippen LogP) is 3.63. The summed E-state index contributed by atoms with van der Waals surface area (Å²) >= 11 is 0. The van der Waals surface area contributed by atoms with Gasteiger partial charge in [0.1, 0.15) is 11.2 Å². The van der Waals surface area contributed by atoms with E-state index in [4.69, 9.17) is 4.74 Å². The van der Waals surface area contributed by atoms with Crippen LogP contribution in [0.25, 0.3) is 11.0 Å². The fraction of sp³-hybridized carbons (Fsp3) is 0.500. The van der Waals surface area contributed by atoms with Gasteiger partial charge in [-0.05, 0) is 51.8 Å². The van der Waals surface area contributed by atoms with Gasteiger partial charge in [0.25, 0.3) is 0 Å². The highest BCUT2D eigenvalue weighted by Gasteiger charge is 2.34. The minimum absolute atomic E-state index is 0.0500. The molecule has 112 valence electrons. The number of carbonyl (C=O) groups is 1. The van der Waals surface area contributed by atoms with Crippen molar-refractivity contribution in [2.45, 2.75) is 45.3 Å². The van der Waals surface area contributed by atoms with E-state index in [1.165, 1.54) is 0 Å². The molecule has 0 aliphatic carbocycles. The van der Waals surface area contributed by atoms with Gasteiger partial charge in [-0.1, -0.05) is 0 Å². The summed E-state index contributed by atoms with van der Waals surface area (Å²) in [6, 6.07) is 6.07. The molecule has 2 aromatic heterocycles. The number of nitrogens with one attached hydrogen (secondary N) is 1. The van der Waals surface area contributed by atoms with Crippen molar-refractivity contribution in [3.8, 4) is 0 Å². The number of amides is 1. The molecule has 1 unspecified atom stereocenters. The number of aromatic nitrogens is 2. The van der Waals surface area contributed by atoms with Crippen LogP contribution in [0, 0.1) is 0 Å². The fourth-order valence-corrected chi connectivity index (χ4v) is 2.79. The molecule has 5 heteroatoms. The van der Waals surface area contributed by atoms with Gasteiger partial charge in [-0.2, -0.15) is 0 Å². The number of carbonyl (C=O) groups excluding carboxylic acids is 1. The summed E-state index contributed by atoms with van der Waals surface area (Å²) < 4.78 is 5.50. The molecule has 0 radical (unpaired) electrons. The highest BCUT2D eigenvalue weighted by Crippen LogP contribution is 2.33. The van der Waals surface area contributed by atoms with Gasteiger partial charge in [0.05, 0.1) is 6.04 Å². The second-order valence-electron chi connectivity index (χ2n) is 6.50. The van der Waals surface area contributed by atoms with Gasteiger partial charge in [-0.3, -0.25) is 4.90 Å². The summed E-state index contributed by atoms with van der Waals surface area (Å²) in [5, 5.41) is 1.07. The maximum absolute atomic E-state index is 12.3. The summed E-state index contributed by atoms with van der Waals surface area (Å²) in [4.78, 5) is 21.8. The van der Waals surface area contributed by atoms with Crippen LogP contribution in [0.5, 0.6) is 0 Å². The quantitative estimate of drug-likeness (QED) is 0.871. The molecule has 1 aliphatic rings. The SMILES string of the molecule is CC(C)(C)OC(=O)N1CCCC1c1cc2cccnc2[nH]1. The second kappa shape index (κ2) is 5.06. The van der Waals surface area contributed by atoms with Crippen LogP contribution >= 0.6 is 0 Å². The molecule has 3 heterocycles. The number of pyridine rings is 1. The van der Waals surface area contributed by atoms with Gasteiger partial charge < -0.3 is 9.72 Å². The number of nitrogens with zero attached hydrogens (tertiary/aromatic N) is 2. The van der Waals surface area contributed by atoms with E-state index in [2.05, 4.69) is 16.0 Å². The van der Waals surface area contributed by atoms with E-state index in [9.17, 15) is 4.79 Å². The minimum atomic E-state index is -0.466. The zero-order valence-electron chi connectivity index (χ0n) is 12.7. The monoisotopic (exact) mass is 287 g/mol. The molecule has 5 nitrogen and oxygen atoms in total. The number of rotatable bonds is 1. The molecule has 0 bridgehead atoms. The molecule has 1 aliphatic heterocycles. The summed E-state index contributed by atoms with van der Waals surface area (Å²) in [6.45, 7) is 6.41. The topological polar surface area (TPSA) is 58.2 Å². The number of ether oxygens (including phenoxy) is 1. The lowest BCUT2D eigenvalue weighted by Gasteiger charge is -2.28. The van der Waals surface area contributed by atoms with Crippen molar-refractivity contribution >= 4 is 17.1 Å². The zero-order chi connectivity index (χ0) is 15.0. The van der Waals surface area contributed by atoms with Gasteiger partial charge in [0.15, 0.2) is 0 Å². The molecular weight excluding hydrogens is 266 g/mol. The molecule has 2 aromatic rings. The fourth-order valence-electron chi connectivity index (χ4n) is 2.79. The molecule has 21 heavy (non-hydrogen) atoms.